The van der Waals surface area contributed by atoms with E-state index in [1.807, 2.05) is 12.1 Å². The lowest BCUT2D eigenvalue weighted by Crippen LogP contribution is -1.92. The summed E-state index contributed by atoms with van der Waals surface area (Å²) in [7, 11) is 0. The number of pyridine rings is 1. The molecule has 1 fully saturated rings. The zero-order valence-corrected chi connectivity index (χ0v) is 12.5. The molecule has 3 aromatic rings. The molecule has 1 aromatic carbocycles. The molecule has 1 aliphatic carbocycles. The van der Waals surface area contributed by atoms with Gasteiger partial charge in [0.15, 0.2) is 11.5 Å². The van der Waals surface area contributed by atoms with Gasteiger partial charge < -0.3 is 5.73 Å². The number of fused-ring (bicyclic) bond motifs is 1. The molecule has 6 heteroatoms. The maximum Gasteiger partial charge on any atom is 0.158 e. The molecule has 4 rings (SSSR count). The van der Waals surface area contributed by atoms with Crippen LogP contribution in [-0.4, -0.2) is 15.2 Å². The van der Waals surface area contributed by atoms with E-state index in [4.69, 9.17) is 28.9 Å². The third-order valence-corrected chi connectivity index (χ3v) is 4.54. The van der Waals surface area contributed by atoms with Crippen LogP contribution in [0.2, 0.25) is 10.0 Å². The van der Waals surface area contributed by atoms with E-state index in [9.17, 15) is 0 Å². The van der Waals surface area contributed by atoms with Gasteiger partial charge in [0.1, 0.15) is 0 Å². The summed E-state index contributed by atoms with van der Waals surface area (Å²) in [4.78, 5) is 4.63. The highest BCUT2D eigenvalue weighted by Gasteiger charge is 2.27. The number of H-pyrrole nitrogens is 1. The number of aromatic amines is 1. The van der Waals surface area contributed by atoms with Crippen molar-refractivity contribution < 1.29 is 0 Å². The second-order valence-corrected chi connectivity index (χ2v) is 6.14. The first-order valence-corrected chi connectivity index (χ1v) is 7.49. The summed E-state index contributed by atoms with van der Waals surface area (Å²) < 4.78 is 0. The predicted octanol–water partition coefficient (Wildman–Crippen LogP) is 4.39. The van der Waals surface area contributed by atoms with Crippen LogP contribution in [0.5, 0.6) is 0 Å². The van der Waals surface area contributed by atoms with E-state index in [0.29, 0.717) is 21.8 Å². The van der Waals surface area contributed by atoms with Crippen LogP contribution < -0.4 is 5.73 Å². The number of benzene rings is 1. The Bertz CT molecular complexity index is 852. The van der Waals surface area contributed by atoms with Gasteiger partial charge in [-0.25, -0.2) is 4.98 Å². The van der Waals surface area contributed by atoms with Crippen molar-refractivity contribution in [2.75, 3.05) is 5.73 Å². The first-order chi connectivity index (χ1) is 10.1. The lowest BCUT2D eigenvalue weighted by Gasteiger charge is -2.08. The topological polar surface area (TPSA) is 67.6 Å². The predicted molar refractivity (Wildman–Crippen MR) is 85.7 cm³/mol. The van der Waals surface area contributed by atoms with Crippen molar-refractivity contribution in [3.63, 3.8) is 0 Å². The number of hydrogen-bond donors (Lipinski definition) is 2. The van der Waals surface area contributed by atoms with E-state index in [2.05, 4.69) is 21.2 Å². The third kappa shape index (κ3) is 2.15. The van der Waals surface area contributed by atoms with Crippen LogP contribution in [0.3, 0.4) is 0 Å². The van der Waals surface area contributed by atoms with Crippen LogP contribution in [0.15, 0.2) is 24.3 Å². The Balaban J connectivity index is 2.00. The first kappa shape index (κ1) is 12.9. The van der Waals surface area contributed by atoms with Gasteiger partial charge in [0.2, 0.25) is 0 Å². The first-order valence-electron chi connectivity index (χ1n) is 6.73. The van der Waals surface area contributed by atoms with Gasteiger partial charge in [-0.3, -0.25) is 5.10 Å². The summed E-state index contributed by atoms with van der Waals surface area (Å²) in [5.74, 6) is 0.987. The number of nitrogens with one attached hydrogen (secondary N) is 1. The Hall–Kier alpha value is -1.78. The van der Waals surface area contributed by atoms with Crippen molar-refractivity contribution in [1.82, 2.24) is 15.2 Å². The van der Waals surface area contributed by atoms with E-state index in [-0.39, 0.29) is 0 Å². The number of nitrogens with two attached hydrogens (primary N) is 1. The zero-order valence-electron chi connectivity index (χ0n) is 11.0. The molecule has 0 atom stereocenters. The number of aromatic nitrogens is 3. The molecular formula is C15H12Cl2N4. The minimum Gasteiger partial charge on any atom is -0.382 e. The molecule has 2 aromatic heterocycles. The molecule has 0 amide bonds. The number of rotatable bonds is 2. The van der Waals surface area contributed by atoms with Gasteiger partial charge in [-0.15, -0.1) is 0 Å². The Morgan fingerprint density at radius 3 is 2.67 bits per heavy atom. The van der Waals surface area contributed by atoms with Crippen molar-refractivity contribution in [3.8, 4) is 11.1 Å². The molecule has 0 aliphatic heterocycles. The standard InChI is InChI=1S/C15H12Cl2N4/c16-10-4-3-8(5-11(10)17)9-6-12(7-1-2-7)19-15-13(9)14(18)20-21-15/h3-7H,1-2H2,(H3,18,19,20,21). The van der Waals surface area contributed by atoms with Crippen LogP contribution in [0.1, 0.15) is 24.5 Å². The Morgan fingerprint density at radius 2 is 1.95 bits per heavy atom. The summed E-state index contributed by atoms with van der Waals surface area (Å²) in [5.41, 5.74) is 9.74. The van der Waals surface area contributed by atoms with Gasteiger partial charge in [0.25, 0.3) is 0 Å². The SMILES string of the molecule is Nc1n[nH]c2nc(C3CC3)cc(-c3ccc(Cl)c(Cl)c3)c12. The van der Waals surface area contributed by atoms with Crippen LogP contribution in [0, 0.1) is 0 Å². The fourth-order valence-corrected chi connectivity index (χ4v) is 2.85. The van der Waals surface area contributed by atoms with E-state index >= 15 is 0 Å². The van der Waals surface area contributed by atoms with Gasteiger partial charge in [0.05, 0.1) is 15.4 Å². The fraction of sp³-hybridized carbons (Fsp3) is 0.200. The third-order valence-electron chi connectivity index (χ3n) is 3.80. The quantitative estimate of drug-likeness (QED) is 0.736. The van der Waals surface area contributed by atoms with Crippen LogP contribution in [0.25, 0.3) is 22.2 Å². The number of nitrogens with zero attached hydrogens (tertiary/aromatic N) is 2. The molecule has 21 heavy (non-hydrogen) atoms. The van der Waals surface area contributed by atoms with Gasteiger partial charge >= 0.3 is 0 Å². The molecule has 0 unspecified atom stereocenters. The molecule has 1 saturated carbocycles. The summed E-state index contributed by atoms with van der Waals surface area (Å²) in [6.07, 6.45) is 2.37. The number of hydrogen-bond acceptors (Lipinski definition) is 3. The Morgan fingerprint density at radius 1 is 1.14 bits per heavy atom. The number of nitrogen functional groups attached to an aromatic ring is 1. The minimum atomic E-state index is 0.445. The molecule has 1 aliphatic rings. The average Bonchev–Trinajstić information content (AvgIpc) is 3.26. The largest absolute Gasteiger partial charge is 0.382 e. The lowest BCUT2D eigenvalue weighted by atomic mass is 10.0. The summed E-state index contributed by atoms with van der Waals surface area (Å²) in [5, 5.41) is 8.86. The Labute approximate surface area is 131 Å². The lowest BCUT2D eigenvalue weighted by molar-refractivity contribution is 1.02. The van der Waals surface area contributed by atoms with Crippen LogP contribution in [-0.2, 0) is 0 Å². The molecule has 0 saturated heterocycles. The van der Waals surface area contributed by atoms with Gasteiger partial charge in [-0.05, 0) is 42.2 Å². The van der Waals surface area contributed by atoms with E-state index in [0.717, 1.165) is 27.9 Å². The highest BCUT2D eigenvalue weighted by molar-refractivity contribution is 6.42. The normalized spacial score (nSPS) is 14.8. The Kier molecular flexibility index (Phi) is 2.84. The summed E-state index contributed by atoms with van der Waals surface area (Å²) in [6, 6.07) is 7.66. The maximum atomic E-state index is 6.14. The molecule has 3 N–H and O–H groups in total. The second-order valence-electron chi connectivity index (χ2n) is 5.33. The summed E-state index contributed by atoms with van der Waals surface area (Å²) in [6.45, 7) is 0. The highest BCUT2D eigenvalue weighted by Crippen LogP contribution is 2.42. The van der Waals surface area contributed by atoms with E-state index in [1.165, 1.54) is 12.8 Å². The molecule has 0 bridgehead atoms. The van der Waals surface area contributed by atoms with Crippen molar-refractivity contribution in [2.24, 2.45) is 0 Å². The van der Waals surface area contributed by atoms with Crippen LogP contribution >= 0.6 is 23.2 Å². The van der Waals surface area contributed by atoms with Crippen LogP contribution in [0.4, 0.5) is 5.82 Å². The van der Waals surface area contributed by atoms with Crippen molar-refractivity contribution in [1.29, 1.82) is 0 Å². The van der Waals surface area contributed by atoms with Gasteiger partial charge in [-0.1, -0.05) is 29.3 Å². The molecule has 106 valence electrons. The minimum absolute atomic E-state index is 0.445. The maximum absolute atomic E-state index is 6.14. The zero-order chi connectivity index (χ0) is 14.6. The monoisotopic (exact) mass is 318 g/mol. The molecule has 0 radical (unpaired) electrons. The number of halogens is 2. The number of anilines is 1. The molecular weight excluding hydrogens is 307 g/mol. The van der Waals surface area contributed by atoms with Crippen molar-refractivity contribution in [3.05, 3.63) is 40.0 Å². The second kappa shape index (κ2) is 4.61. The smallest absolute Gasteiger partial charge is 0.158 e. The molecule has 0 spiro atoms. The molecule has 2 heterocycles. The fourth-order valence-electron chi connectivity index (χ4n) is 2.55. The van der Waals surface area contributed by atoms with Crippen molar-refractivity contribution >= 4 is 40.1 Å². The highest BCUT2D eigenvalue weighted by atomic mass is 35.5. The molecule has 4 nitrogen and oxygen atoms in total. The van der Waals surface area contributed by atoms with Crippen molar-refractivity contribution in [2.45, 2.75) is 18.8 Å². The summed E-state index contributed by atoms with van der Waals surface area (Å²) >= 11 is 12.1. The van der Waals surface area contributed by atoms with Gasteiger partial charge in [0, 0.05) is 11.6 Å². The van der Waals surface area contributed by atoms with E-state index in [1.54, 1.807) is 6.07 Å². The average molecular weight is 319 g/mol. The van der Waals surface area contributed by atoms with Gasteiger partial charge in [-0.2, -0.15) is 5.10 Å². The van der Waals surface area contributed by atoms with E-state index < -0.39 is 0 Å².